The summed E-state index contributed by atoms with van der Waals surface area (Å²) in [6.45, 7) is 1.04. The average Bonchev–Trinajstić information content (AvgIpc) is 3.57. The van der Waals surface area contributed by atoms with Crippen molar-refractivity contribution in [2.75, 3.05) is 26.8 Å². The van der Waals surface area contributed by atoms with Crippen molar-refractivity contribution < 1.29 is 23.9 Å². The SMILES string of the molecule is COc1ccc(OCC(=O)[C@@H]2CCCN2C(=O)[C@@H]2CCCN2C(=O)CCc2ccccc2)cc1. The van der Waals surface area contributed by atoms with E-state index in [0.29, 0.717) is 50.3 Å². The molecule has 2 fully saturated rings. The Kier molecular flexibility index (Phi) is 7.83. The second kappa shape index (κ2) is 11.2. The van der Waals surface area contributed by atoms with Crippen molar-refractivity contribution >= 4 is 17.6 Å². The van der Waals surface area contributed by atoms with Crippen LogP contribution in [0.3, 0.4) is 0 Å². The largest absolute Gasteiger partial charge is 0.497 e. The van der Waals surface area contributed by atoms with Crippen LogP contribution < -0.4 is 9.47 Å². The molecule has 2 aromatic carbocycles. The Morgan fingerprint density at radius 2 is 1.50 bits per heavy atom. The molecule has 0 N–H and O–H groups in total. The van der Waals surface area contributed by atoms with Gasteiger partial charge in [0.25, 0.3) is 0 Å². The summed E-state index contributed by atoms with van der Waals surface area (Å²) in [6.07, 6.45) is 3.90. The van der Waals surface area contributed by atoms with Gasteiger partial charge in [0.1, 0.15) is 24.1 Å². The molecular weight excluding hydrogens is 432 g/mol. The van der Waals surface area contributed by atoms with Crippen LogP contribution in [-0.4, -0.2) is 66.3 Å². The normalized spacial score (nSPS) is 19.8. The average molecular weight is 465 g/mol. The van der Waals surface area contributed by atoms with Crippen molar-refractivity contribution in [1.29, 1.82) is 0 Å². The van der Waals surface area contributed by atoms with Crippen LogP contribution in [-0.2, 0) is 20.8 Å². The molecule has 2 heterocycles. The molecule has 180 valence electrons. The molecule has 0 bridgehead atoms. The van der Waals surface area contributed by atoms with E-state index in [-0.39, 0.29) is 24.2 Å². The Labute approximate surface area is 200 Å². The minimum atomic E-state index is -0.493. The molecule has 2 amide bonds. The van der Waals surface area contributed by atoms with Gasteiger partial charge < -0.3 is 19.3 Å². The van der Waals surface area contributed by atoms with E-state index in [9.17, 15) is 14.4 Å². The van der Waals surface area contributed by atoms with Crippen molar-refractivity contribution in [3.8, 4) is 11.5 Å². The molecule has 2 aliphatic rings. The highest BCUT2D eigenvalue weighted by atomic mass is 16.5. The molecule has 2 aliphatic heterocycles. The van der Waals surface area contributed by atoms with E-state index in [2.05, 4.69) is 0 Å². The summed E-state index contributed by atoms with van der Waals surface area (Å²) in [4.78, 5) is 42.7. The fourth-order valence-electron chi connectivity index (χ4n) is 4.84. The molecule has 0 spiro atoms. The van der Waals surface area contributed by atoms with Crippen LogP contribution in [0.25, 0.3) is 0 Å². The maximum Gasteiger partial charge on any atom is 0.245 e. The molecule has 2 atom stereocenters. The summed E-state index contributed by atoms with van der Waals surface area (Å²) in [5, 5.41) is 0. The lowest BCUT2D eigenvalue weighted by Gasteiger charge is -2.31. The van der Waals surface area contributed by atoms with Gasteiger partial charge in [-0.25, -0.2) is 0 Å². The third kappa shape index (κ3) is 5.58. The lowest BCUT2D eigenvalue weighted by Crippen LogP contribution is -2.51. The van der Waals surface area contributed by atoms with Crippen molar-refractivity contribution in [3.63, 3.8) is 0 Å². The Balaban J connectivity index is 1.33. The molecule has 0 unspecified atom stereocenters. The quantitative estimate of drug-likeness (QED) is 0.569. The number of amides is 2. The van der Waals surface area contributed by atoms with E-state index in [0.717, 1.165) is 18.4 Å². The molecule has 0 aliphatic carbocycles. The molecule has 0 aromatic heterocycles. The predicted octanol–water partition coefficient (Wildman–Crippen LogP) is 3.26. The number of hydrogen-bond donors (Lipinski definition) is 0. The number of ether oxygens (including phenoxy) is 2. The van der Waals surface area contributed by atoms with E-state index >= 15 is 0 Å². The van der Waals surface area contributed by atoms with Crippen LogP contribution in [0.1, 0.15) is 37.7 Å². The standard InChI is InChI=1S/C27H32N2O5/c1-33-21-12-14-22(15-13-21)34-19-25(30)23-9-5-18-29(23)27(32)24-10-6-17-28(24)26(31)16-11-20-7-3-2-4-8-20/h2-4,7-8,12-15,23-24H,5-6,9-11,16-19H2,1H3/t23-,24-/m0/s1. The molecule has 4 rings (SSSR count). The monoisotopic (exact) mass is 464 g/mol. The topological polar surface area (TPSA) is 76.2 Å². The predicted molar refractivity (Wildman–Crippen MR) is 128 cm³/mol. The van der Waals surface area contributed by atoms with Crippen LogP contribution >= 0.6 is 0 Å². The first kappa shape index (κ1) is 23.8. The molecule has 2 aromatic rings. The fraction of sp³-hybridized carbons (Fsp3) is 0.444. The third-order valence-corrected chi connectivity index (χ3v) is 6.68. The molecule has 34 heavy (non-hydrogen) atoms. The summed E-state index contributed by atoms with van der Waals surface area (Å²) in [5.74, 6) is 1.08. The number of methoxy groups -OCH3 is 1. The van der Waals surface area contributed by atoms with Crippen LogP contribution in [0.15, 0.2) is 54.6 Å². The van der Waals surface area contributed by atoms with Crippen LogP contribution in [0.5, 0.6) is 11.5 Å². The number of likely N-dealkylation sites (tertiary alicyclic amines) is 2. The number of nitrogens with zero attached hydrogens (tertiary/aromatic N) is 2. The van der Waals surface area contributed by atoms with Gasteiger partial charge in [0.05, 0.1) is 13.2 Å². The zero-order valence-electron chi connectivity index (χ0n) is 19.7. The van der Waals surface area contributed by atoms with Crippen LogP contribution in [0.4, 0.5) is 0 Å². The zero-order chi connectivity index (χ0) is 23.9. The number of aryl methyl sites for hydroxylation is 1. The summed E-state index contributed by atoms with van der Waals surface area (Å²) in [6, 6.07) is 16.0. The maximum absolute atomic E-state index is 13.4. The summed E-state index contributed by atoms with van der Waals surface area (Å²) >= 11 is 0. The van der Waals surface area contributed by atoms with Crippen molar-refractivity contribution in [3.05, 3.63) is 60.2 Å². The van der Waals surface area contributed by atoms with Gasteiger partial charge in [-0.1, -0.05) is 30.3 Å². The molecule has 0 radical (unpaired) electrons. The van der Waals surface area contributed by atoms with Crippen LogP contribution in [0.2, 0.25) is 0 Å². The second-order valence-corrected chi connectivity index (χ2v) is 8.85. The summed E-state index contributed by atoms with van der Waals surface area (Å²) < 4.78 is 10.8. The first-order valence-corrected chi connectivity index (χ1v) is 12.0. The van der Waals surface area contributed by atoms with Crippen molar-refractivity contribution in [2.45, 2.75) is 50.6 Å². The van der Waals surface area contributed by atoms with E-state index in [4.69, 9.17) is 9.47 Å². The van der Waals surface area contributed by atoms with Gasteiger partial charge in [0.2, 0.25) is 11.8 Å². The first-order valence-electron chi connectivity index (χ1n) is 12.0. The number of hydrogen-bond acceptors (Lipinski definition) is 5. The number of Topliss-reactive ketones (excluding diaryl/α,β-unsaturated/α-hetero) is 1. The Hall–Kier alpha value is -3.35. The van der Waals surface area contributed by atoms with Gasteiger partial charge in [0.15, 0.2) is 5.78 Å². The minimum absolute atomic E-state index is 0.00427. The molecule has 7 heteroatoms. The molecule has 0 saturated carbocycles. The molecule has 7 nitrogen and oxygen atoms in total. The van der Waals surface area contributed by atoms with E-state index in [1.807, 2.05) is 30.3 Å². The number of ketones is 1. The molecule has 2 saturated heterocycles. The van der Waals surface area contributed by atoms with Gasteiger partial charge in [-0.2, -0.15) is 0 Å². The van der Waals surface area contributed by atoms with Gasteiger partial charge >= 0.3 is 0 Å². The lowest BCUT2D eigenvalue weighted by atomic mass is 10.1. The van der Waals surface area contributed by atoms with Crippen molar-refractivity contribution in [2.24, 2.45) is 0 Å². The van der Waals surface area contributed by atoms with E-state index < -0.39 is 12.1 Å². The smallest absolute Gasteiger partial charge is 0.245 e. The Bertz CT molecular complexity index is 992. The zero-order valence-corrected chi connectivity index (χ0v) is 19.7. The highest BCUT2D eigenvalue weighted by Gasteiger charge is 2.41. The minimum Gasteiger partial charge on any atom is -0.497 e. The number of carbonyl (C=O) groups excluding carboxylic acids is 3. The Morgan fingerprint density at radius 1 is 0.853 bits per heavy atom. The number of benzene rings is 2. The number of carbonyl (C=O) groups is 3. The van der Waals surface area contributed by atoms with Crippen LogP contribution in [0, 0.1) is 0 Å². The second-order valence-electron chi connectivity index (χ2n) is 8.85. The summed E-state index contributed by atoms with van der Waals surface area (Å²) in [5.41, 5.74) is 1.11. The molecular formula is C27H32N2O5. The highest BCUT2D eigenvalue weighted by molar-refractivity contribution is 5.94. The maximum atomic E-state index is 13.4. The van der Waals surface area contributed by atoms with Gasteiger partial charge in [-0.05, 0) is 61.9 Å². The Morgan fingerprint density at radius 3 is 2.21 bits per heavy atom. The fourth-order valence-corrected chi connectivity index (χ4v) is 4.84. The third-order valence-electron chi connectivity index (χ3n) is 6.68. The van der Waals surface area contributed by atoms with E-state index in [1.165, 1.54) is 0 Å². The lowest BCUT2D eigenvalue weighted by molar-refractivity contribution is -0.146. The van der Waals surface area contributed by atoms with Gasteiger partial charge in [0, 0.05) is 19.5 Å². The number of rotatable bonds is 9. The first-order chi connectivity index (χ1) is 16.6. The van der Waals surface area contributed by atoms with Gasteiger partial charge in [-0.15, -0.1) is 0 Å². The van der Waals surface area contributed by atoms with E-state index in [1.54, 1.807) is 41.2 Å². The van der Waals surface area contributed by atoms with Gasteiger partial charge in [-0.3, -0.25) is 14.4 Å². The highest BCUT2D eigenvalue weighted by Crippen LogP contribution is 2.26. The van der Waals surface area contributed by atoms with Crippen molar-refractivity contribution in [1.82, 2.24) is 9.80 Å². The summed E-state index contributed by atoms with van der Waals surface area (Å²) in [7, 11) is 1.59.